The Balaban J connectivity index is 1.67. The molecule has 2 heterocycles. The van der Waals surface area contributed by atoms with Gasteiger partial charge in [0.25, 0.3) is 0 Å². The van der Waals surface area contributed by atoms with Crippen molar-refractivity contribution >= 4 is 11.6 Å². The Labute approximate surface area is 105 Å². The van der Waals surface area contributed by atoms with E-state index in [-0.39, 0.29) is 11.8 Å². The number of hydrogen-bond acceptors (Lipinski definition) is 3. The lowest BCUT2D eigenvalue weighted by atomic mass is 10.0. The molecule has 1 amide bonds. The predicted octanol–water partition coefficient (Wildman–Crippen LogP) is 1.24. The van der Waals surface area contributed by atoms with E-state index in [1.54, 1.807) is 6.20 Å². The fourth-order valence-corrected chi connectivity index (χ4v) is 2.21. The summed E-state index contributed by atoms with van der Waals surface area (Å²) < 4.78 is 0. The van der Waals surface area contributed by atoms with Gasteiger partial charge in [0.15, 0.2) is 0 Å². The van der Waals surface area contributed by atoms with Gasteiger partial charge >= 0.3 is 0 Å². The lowest BCUT2D eigenvalue weighted by molar-refractivity contribution is -0.122. The van der Waals surface area contributed by atoms with Crippen molar-refractivity contribution in [3.8, 4) is 0 Å². The third kappa shape index (κ3) is 1.95. The molecule has 0 spiro atoms. The summed E-state index contributed by atoms with van der Waals surface area (Å²) in [4.78, 5) is 12.1. The van der Waals surface area contributed by atoms with Gasteiger partial charge in [0.2, 0.25) is 5.91 Å². The number of nitrogens with one attached hydrogen (secondary N) is 3. The van der Waals surface area contributed by atoms with E-state index in [0.29, 0.717) is 13.1 Å². The molecule has 18 heavy (non-hydrogen) atoms. The van der Waals surface area contributed by atoms with Crippen molar-refractivity contribution in [3.05, 3.63) is 47.8 Å². The number of carbonyl (C=O) groups excluding carboxylic acids is 1. The molecule has 0 saturated carbocycles. The van der Waals surface area contributed by atoms with Crippen molar-refractivity contribution in [2.75, 3.05) is 11.9 Å². The SMILES string of the molecule is O=C(NCc1ccn[nH]1)C1CNc2ccccc21. The minimum Gasteiger partial charge on any atom is -0.384 e. The monoisotopic (exact) mass is 242 g/mol. The number of nitrogens with zero attached hydrogens (tertiary/aromatic N) is 1. The van der Waals surface area contributed by atoms with Crippen LogP contribution in [0.25, 0.3) is 0 Å². The summed E-state index contributed by atoms with van der Waals surface area (Å²) in [6.07, 6.45) is 1.67. The molecule has 5 heteroatoms. The van der Waals surface area contributed by atoms with Crippen molar-refractivity contribution in [2.45, 2.75) is 12.5 Å². The molecule has 92 valence electrons. The number of para-hydroxylation sites is 1. The molecule has 3 N–H and O–H groups in total. The summed E-state index contributed by atoms with van der Waals surface area (Å²) in [7, 11) is 0. The first-order chi connectivity index (χ1) is 8.84. The van der Waals surface area contributed by atoms with Crippen molar-refractivity contribution in [1.29, 1.82) is 0 Å². The van der Waals surface area contributed by atoms with Crippen LogP contribution in [0.3, 0.4) is 0 Å². The molecular weight excluding hydrogens is 228 g/mol. The van der Waals surface area contributed by atoms with E-state index in [4.69, 9.17) is 0 Å². The highest BCUT2D eigenvalue weighted by molar-refractivity contribution is 5.88. The van der Waals surface area contributed by atoms with Crippen molar-refractivity contribution in [1.82, 2.24) is 15.5 Å². The van der Waals surface area contributed by atoms with Crippen LogP contribution in [-0.4, -0.2) is 22.6 Å². The summed E-state index contributed by atoms with van der Waals surface area (Å²) in [6.45, 7) is 1.14. The quantitative estimate of drug-likeness (QED) is 0.758. The summed E-state index contributed by atoms with van der Waals surface area (Å²) in [5.41, 5.74) is 3.03. The van der Waals surface area contributed by atoms with Gasteiger partial charge in [-0.25, -0.2) is 0 Å². The van der Waals surface area contributed by atoms with E-state index in [9.17, 15) is 4.79 Å². The Kier molecular flexibility index (Phi) is 2.72. The Morgan fingerprint density at radius 1 is 1.39 bits per heavy atom. The highest BCUT2D eigenvalue weighted by Crippen LogP contribution is 2.30. The van der Waals surface area contributed by atoms with Gasteiger partial charge in [-0.3, -0.25) is 9.89 Å². The number of fused-ring (bicyclic) bond motifs is 1. The van der Waals surface area contributed by atoms with Crippen LogP contribution in [0.4, 0.5) is 5.69 Å². The zero-order valence-corrected chi connectivity index (χ0v) is 9.81. The summed E-state index contributed by atoms with van der Waals surface area (Å²) in [6, 6.07) is 9.77. The number of anilines is 1. The van der Waals surface area contributed by atoms with Crippen molar-refractivity contribution in [2.24, 2.45) is 0 Å². The summed E-state index contributed by atoms with van der Waals surface area (Å²) in [5, 5.41) is 12.8. The van der Waals surface area contributed by atoms with Crippen LogP contribution in [0.5, 0.6) is 0 Å². The van der Waals surface area contributed by atoms with Gasteiger partial charge in [0.1, 0.15) is 0 Å². The molecular formula is C13H14N4O. The fraction of sp³-hybridized carbons (Fsp3) is 0.231. The summed E-state index contributed by atoms with van der Waals surface area (Å²) >= 11 is 0. The Hall–Kier alpha value is -2.30. The van der Waals surface area contributed by atoms with Crippen LogP contribution >= 0.6 is 0 Å². The number of hydrogen-bond donors (Lipinski definition) is 3. The smallest absolute Gasteiger partial charge is 0.229 e. The molecule has 0 aliphatic carbocycles. The molecule has 0 bridgehead atoms. The lowest BCUT2D eigenvalue weighted by Gasteiger charge is -2.10. The average molecular weight is 242 g/mol. The maximum absolute atomic E-state index is 12.1. The van der Waals surface area contributed by atoms with E-state index in [1.165, 1.54) is 0 Å². The highest BCUT2D eigenvalue weighted by Gasteiger charge is 2.27. The van der Waals surface area contributed by atoms with E-state index in [0.717, 1.165) is 16.9 Å². The second-order valence-electron chi connectivity index (χ2n) is 4.32. The number of aromatic amines is 1. The minimum absolute atomic E-state index is 0.0436. The molecule has 1 aliphatic rings. The van der Waals surface area contributed by atoms with E-state index < -0.39 is 0 Å². The number of aromatic nitrogens is 2. The Morgan fingerprint density at radius 3 is 3.11 bits per heavy atom. The first kappa shape index (κ1) is 10.8. The van der Waals surface area contributed by atoms with E-state index in [2.05, 4.69) is 20.8 Å². The van der Waals surface area contributed by atoms with Crippen LogP contribution in [0, 0.1) is 0 Å². The third-order valence-electron chi connectivity index (χ3n) is 3.16. The minimum atomic E-state index is -0.107. The molecule has 1 aromatic heterocycles. The first-order valence-electron chi connectivity index (χ1n) is 5.93. The standard InChI is InChI=1S/C13H14N4O/c18-13(15-7-9-5-6-16-17-9)11-8-14-12-4-2-1-3-10(11)12/h1-6,11,14H,7-8H2,(H,15,18)(H,16,17). The number of amides is 1. The highest BCUT2D eigenvalue weighted by atomic mass is 16.1. The summed E-state index contributed by atoms with van der Waals surface area (Å²) in [5.74, 6) is -0.0637. The van der Waals surface area contributed by atoms with Crippen molar-refractivity contribution < 1.29 is 4.79 Å². The Morgan fingerprint density at radius 2 is 2.28 bits per heavy atom. The van der Waals surface area contributed by atoms with Crippen LogP contribution in [0.1, 0.15) is 17.2 Å². The van der Waals surface area contributed by atoms with Crippen LogP contribution in [0.2, 0.25) is 0 Å². The van der Waals surface area contributed by atoms with Gasteiger partial charge in [-0.2, -0.15) is 5.10 Å². The van der Waals surface area contributed by atoms with E-state index in [1.807, 2.05) is 30.3 Å². The molecule has 2 aromatic rings. The largest absolute Gasteiger partial charge is 0.384 e. The first-order valence-corrected chi connectivity index (χ1v) is 5.93. The zero-order chi connectivity index (χ0) is 12.4. The van der Waals surface area contributed by atoms with Gasteiger partial charge in [-0.1, -0.05) is 18.2 Å². The molecule has 0 saturated heterocycles. The zero-order valence-electron chi connectivity index (χ0n) is 9.81. The lowest BCUT2D eigenvalue weighted by Crippen LogP contribution is -2.30. The van der Waals surface area contributed by atoms with Crippen LogP contribution in [0.15, 0.2) is 36.5 Å². The molecule has 5 nitrogen and oxygen atoms in total. The molecule has 0 radical (unpaired) electrons. The second kappa shape index (κ2) is 4.52. The van der Waals surface area contributed by atoms with Gasteiger partial charge in [0, 0.05) is 18.4 Å². The molecule has 1 aliphatic heterocycles. The number of rotatable bonds is 3. The molecule has 3 rings (SSSR count). The topological polar surface area (TPSA) is 69.8 Å². The van der Waals surface area contributed by atoms with Gasteiger partial charge in [-0.05, 0) is 17.7 Å². The van der Waals surface area contributed by atoms with E-state index >= 15 is 0 Å². The average Bonchev–Trinajstić information content (AvgIpc) is 3.05. The molecule has 1 atom stereocenters. The van der Waals surface area contributed by atoms with Gasteiger partial charge < -0.3 is 10.6 Å². The molecule has 1 unspecified atom stereocenters. The van der Waals surface area contributed by atoms with Crippen LogP contribution < -0.4 is 10.6 Å². The maximum Gasteiger partial charge on any atom is 0.229 e. The Bertz CT molecular complexity index is 550. The van der Waals surface area contributed by atoms with Gasteiger partial charge in [0.05, 0.1) is 18.2 Å². The fourth-order valence-electron chi connectivity index (χ4n) is 2.21. The van der Waals surface area contributed by atoms with Crippen molar-refractivity contribution in [3.63, 3.8) is 0 Å². The number of carbonyl (C=O) groups is 1. The van der Waals surface area contributed by atoms with Gasteiger partial charge in [-0.15, -0.1) is 0 Å². The number of benzene rings is 1. The normalized spacial score (nSPS) is 17.0. The number of H-pyrrole nitrogens is 1. The second-order valence-corrected chi connectivity index (χ2v) is 4.32. The predicted molar refractivity (Wildman–Crippen MR) is 68.1 cm³/mol. The molecule has 0 fully saturated rings. The van der Waals surface area contributed by atoms with Crippen LogP contribution in [-0.2, 0) is 11.3 Å². The molecule has 1 aromatic carbocycles. The third-order valence-corrected chi connectivity index (χ3v) is 3.16. The maximum atomic E-state index is 12.1.